The minimum Gasteiger partial charge on any atom is -0.321 e. The van der Waals surface area contributed by atoms with Gasteiger partial charge in [0.25, 0.3) is 5.91 Å². The molecule has 17 heavy (non-hydrogen) atoms. The molecule has 84 valence electrons. The van der Waals surface area contributed by atoms with Gasteiger partial charge >= 0.3 is 0 Å². The van der Waals surface area contributed by atoms with Crippen LogP contribution in [0, 0.1) is 0 Å². The van der Waals surface area contributed by atoms with Crippen LogP contribution < -0.4 is 5.32 Å². The quantitative estimate of drug-likeness (QED) is 0.802. The van der Waals surface area contributed by atoms with Crippen LogP contribution in [0.25, 0.3) is 11.6 Å². The second kappa shape index (κ2) is 3.98. The first-order valence-electron chi connectivity index (χ1n) is 4.96. The predicted octanol–water partition coefficient (Wildman–Crippen LogP) is 3.29. The third kappa shape index (κ3) is 1.85. The van der Waals surface area contributed by atoms with Crippen molar-refractivity contribution < 1.29 is 4.79 Å². The summed E-state index contributed by atoms with van der Waals surface area (Å²) in [5.74, 6) is -0.113. The Labute approximate surface area is 107 Å². The van der Waals surface area contributed by atoms with Crippen LogP contribution in [0.2, 0.25) is 5.02 Å². The molecule has 3 rings (SSSR count). The molecule has 0 spiro atoms. The Bertz CT molecular complexity index is 619. The number of halogens is 1. The molecule has 0 saturated heterocycles. The summed E-state index contributed by atoms with van der Waals surface area (Å²) < 4.78 is 0. The van der Waals surface area contributed by atoms with Gasteiger partial charge in [0.05, 0.1) is 5.57 Å². The molecule has 1 N–H and O–H groups in total. The van der Waals surface area contributed by atoms with E-state index in [2.05, 4.69) is 10.3 Å². The van der Waals surface area contributed by atoms with Crippen molar-refractivity contribution in [2.75, 3.05) is 5.32 Å². The summed E-state index contributed by atoms with van der Waals surface area (Å²) in [5, 5.41) is 6.10. The molecule has 0 radical (unpaired) electrons. The zero-order chi connectivity index (χ0) is 11.8. The van der Waals surface area contributed by atoms with Gasteiger partial charge in [-0.2, -0.15) is 0 Å². The number of carbonyl (C=O) groups excluding carboxylic acids is 1. The summed E-state index contributed by atoms with van der Waals surface area (Å²) in [4.78, 5) is 16.0. The first-order chi connectivity index (χ1) is 8.24. The van der Waals surface area contributed by atoms with E-state index in [1.807, 2.05) is 5.38 Å². The minimum atomic E-state index is -0.113. The van der Waals surface area contributed by atoms with E-state index in [9.17, 15) is 4.79 Å². The van der Waals surface area contributed by atoms with Gasteiger partial charge in [0.15, 0.2) is 0 Å². The molecule has 2 aromatic rings. The average Bonchev–Trinajstić information content (AvgIpc) is 2.90. The van der Waals surface area contributed by atoms with Gasteiger partial charge in [0.1, 0.15) is 5.01 Å². The molecule has 0 fully saturated rings. The molecule has 0 saturated carbocycles. The highest BCUT2D eigenvalue weighted by molar-refractivity contribution is 7.10. The first-order valence-corrected chi connectivity index (χ1v) is 6.22. The van der Waals surface area contributed by atoms with Gasteiger partial charge in [-0.05, 0) is 24.3 Å². The number of hydrogen-bond acceptors (Lipinski definition) is 3. The Balaban J connectivity index is 2.13. The van der Waals surface area contributed by atoms with Crippen molar-refractivity contribution in [2.45, 2.75) is 0 Å². The summed E-state index contributed by atoms with van der Waals surface area (Å²) in [6, 6.07) is 5.35. The molecule has 0 bridgehead atoms. The van der Waals surface area contributed by atoms with Gasteiger partial charge in [0, 0.05) is 27.9 Å². The molecule has 0 unspecified atom stereocenters. The van der Waals surface area contributed by atoms with Crippen molar-refractivity contribution in [1.29, 1.82) is 0 Å². The lowest BCUT2D eigenvalue weighted by molar-refractivity contribution is -0.110. The third-order valence-electron chi connectivity index (χ3n) is 2.48. The van der Waals surface area contributed by atoms with Gasteiger partial charge in [-0.3, -0.25) is 4.79 Å². The zero-order valence-electron chi connectivity index (χ0n) is 8.61. The number of carbonyl (C=O) groups is 1. The number of hydrogen-bond donors (Lipinski definition) is 1. The van der Waals surface area contributed by atoms with Gasteiger partial charge < -0.3 is 5.32 Å². The SMILES string of the molecule is O=C1Nc2ccc(Cl)cc2/C1=C/c1nccs1. The first kappa shape index (κ1) is 10.5. The van der Waals surface area contributed by atoms with Crippen molar-refractivity contribution in [1.82, 2.24) is 4.98 Å². The molecule has 1 amide bonds. The van der Waals surface area contributed by atoms with Gasteiger partial charge in [-0.25, -0.2) is 4.98 Å². The smallest absolute Gasteiger partial charge is 0.256 e. The van der Waals surface area contributed by atoms with Crippen LogP contribution in [0.5, 0.6) is 0 Å². The fourth-order valence-electron chi connectivity index (χ4n) is 1.73. The van der Waals surface area contributed by atoms with E-state index in [4.69, 9.17) is 11.6 Å². The standard InChI is InChI=1S/C12H7ClN2OS/c13-7-1-2-10-8(5-7)9(12(16)15-10)6-11-14-3-4-17-11/h1-6H,(H,15,16)/b9-6-. The molecule has 0 aliphatic carbocycles. The fraction of sp³-hybridized carbons (Fsp3) is 0. The van der Waals surface area contributed by atoms with E-state index in [0.717, 1.165) is 16.3 Å². The number of rotatable bonds is 1. The van der Waals surface area contributed by atoms with E-state index in [0.29, 0.717) is 10.6 Å². The maximum atomic E-state index is 11.8. The maximum Gasteiger partial charge on any atom is 0.256 e. The van der Waals surface area contributed by atoms with E-state index in [1.54, 1.807) is 30.5 Å². The molecule has 3 nitrogen and oxygen atoms in total. The van der Waals surface area contributed by atoms with Crippen molar-refractivity contribution in [3.8, 4) is 0 Å². The molecule has 5 heteroatoms. The molecule has 0 atom stereocenters. The van der Waals surface area contributed by atoms with Crippen LogP contribution in [0.4, 0.5) is 5.69 Å². The normalized spacial score (nSPS) is 16.1. The van der Waals surface area contributed by atoms with Crippen molar-refractivity contribution in [3.63, 3.8) is 0 Å². The number of anilines is 1. The zero-order valence-corrected chi connectivity index (χ0v) is 10.2. The molecular weight excluding hydrogens is 256 g/mol. The lowest BCUT2D eigenvalue weighted by atomic mass is 10.1. The highest BCUT2D eigenvalue weighted by atomic mass is 35.5. The largest absolute Gasteiger partial charge is 0.321 e. The topological polar surface area (TPSA) is 42.0 Å². The van der Waals surface area contributed by atoms with Crippen molar-refractivity contribution >= 4 is 46.2 Å². The van der Waals surface area contributed by atoms with Gasteiger partial charge in [-0.15, -0.1) is 11.3 Å². The van der Waals surface area contributed by atoms with Crippen LogP contribution >= 0.6 is 22.9 Å². The van der Waals surface area contributed by atoms with E-state index in [1.165, 1.54) is 11.3 Å². The molecular formula is C12H7ClN2OS. The fourth-order valence-corrected chi connectivity index (χ4v) is 2.47. The van der Waals surface area contributed by atoms with Gasteiger partial charge in [0.2, 0.25) is 0 Å². The Morgan fingerprint density at radius 2 is 2.29 bits per heavy atom. The number of nitrogens with one attached hydrogen (secondary N) is 1. The van der Waals surface area contributed by atoms with E-state index >= 15 is 0 Å². The number of amides is 1. The van der Waals surface area contributed by atoms with Crippen LogP contribution in [0.1, 0.15) is 10.6 Å². The minimum absolute atomic E-state index is 0.113. The summed E-state index contributed by atoms with van der Waals surface area (Å²) in [6.45, 7) is 0. The highest BCUT2D eigenvalue weighted by Crippen LogP contribution is 2.34. The Morgan fingerprint density at radius 3 is 3.06 bits per heavy atom. The second-order valence-corrected chi connectivity index (χ2v) is 4.93. The van der Waals surface area contributed by atoms with Crippen LogP contribution in [-0.2, 0) is 4.79 Å². The van der Waals surface area contributed by atoms with Gasteiger partial charge in [-0.1, -0.05) is 11.6 Å². The van der Waals surface area contributed by atoms with Crippen LogP contribution in [0.3, 0.4) is 0 Å². The number of fused-ring (bicyclic) bond motifs is 1. The number of benzene rings is 1. The van der Waals surface area contributed by atoms with E-state index in [-0.39, 0.29) is 5.91 Å². The van der Waals surface area contributed by atoms with Crippen molar-refractivity contribution in [3.05, 3.63) is 45.4 Å². The lowest BCUT2D eigenvalue weighted by Gasteiger charge is -1.97. The average molecular weight is 263 g/mol. The summed E-state index contributed by atoms with van der Waals surface area (Å²) >= 11 is 7.43. The number of nitrogens with zero attached hydrogens (tertiary/aromatic N) is 1. The molecule has 1 aromatic heterocycles. The molecule has 1 aromatic carbocycles. The van der Waals surface area contributed by atoms with Crippen molar-refractivity contribution in [2.24, 2.45) is 0 Å². The predicted molar refractivity (Wildman–Crippen MR) is 70.1 cm³/mol. The summed E-state index contributed by atoms with van der Waals surface area (Å²) in [6.07, 6.45) is 3.49. The Hall–Kier alpha value is -1.65. The van der Waals surface area contributed by atoms with Crippen LogP contribution in [-0.4, -0.2) is 10.9 Å². The Kier molecular flexibility index (Phi) is 2.46. The maximum absolute atomic E-state index is 11.8. The number of thiazole rings is 1. The third-order valence-corrected chi connectivity index (χ3v) is 3.44. The summed E-state index contributed by atoms with van der Waals surface area (Å²) in [7, 11) is 0. The Morgan fingerprint density at radius 1 is 1.41 bits per heavy atom. The van der Waals surface area contributed by atoms with Crippen LogP contribution in [0.15, 0.2) is 29.8 Å². The molecule has 2 heterocycles. The highest BCUT2D eigenvalue weighted by Gasteiger charge is 2.24. The summed E-state index contributed by atoms with van der Waals surface area (Å²) in [5.41, 5.74) is 2.23. The lowest BCUT2D eigenvalue weighted by Crippen LogP contribution is -2.03. The molecule has 1 aliphatic rings. The monoisotopic (exact) mass is 262 g/mol. The number of aromatic nitrogens is 1. The second-order valence-electron chi connectivity index (χ2n) is 3.57. The molecule has 1 aliphatic heterocycles. The van der Waals surface area contributed by atoms with E-state index < -0.39 is 0 Å².